The summed E-state index contributed by atoms with van der Waals surface area (Å²) in [5.41, 5.74) is 8.26. The van der Waals surface area contributed by atoms with Crippen molar-refractivity contribution in [3.8, 4) is 5.75 Å². The first kappa shape index (κ1) is 21.8. The van der Waals surface area contributed by atoms with Gasteiger partial charge in [0, 0.05) is 24.4 Å². The van der Waals surface area contributed by atoms with Crippen LogP contribution >= 0.6 is 0 Å². The Bertz CT molecular complexity index is 986. The lowest BCUT2D eigenvalue weighted by Gasteiger charge is -2.27. The fourth-order valence-corrected chi connectivity index (χ4v) is 3.38. The fraction of sp³-hybridized carbons (Fsp3) is 0.421. The molecule has 0 spiro atoms. The summed E-state index contributed by atoms with van der Waals surface area (Å²) >= 11 is 0. The van der Waals surface area contributed by atoms with Crippen molar-refractivity contribution in [1.82, 2.24) is 15.5 Å². The van der Waals surface area contributed by atoms with E-state index in [1.165, 1.54) is 18.2 Å². The Morgan fingerprint density at radius 3 is 2.81 bits per heavy atom. The Labute approximate surface area is 176 Å². The van der Waals surface area contributed by atoms with Gasteiger partial charge in [-0.1, -0.05) is 11.2 Å². The van der Waals surface area contributed by atoms with Crippen molar-refractivity contribution >= 4 is 29.5 Å². The molecular formula is C19H20N6O6. The molecule has 31 heavy (non-hydrogen) atoms. The summed E-state index contributed by atoms with van der Waals surface area (Å²) in [6, 6.07) is 3.34. The highest BCUT2D eigenvalue weighted by atomic mass is 16.5. The second-order valence-electron chi connectivity index (χ2n) is 6.93. The van der Waals surface area contributed by atoms with Crippen LogP contribution in [0.1, 0.15) is 46.4 Å². The number of piperidine rings is 1. The van der Waals surface area contributed by atoms with Crippen LogP contribution in [0.3, 0.4) is 0 Å². The number of hydrogen-bond donors (Lipinski definition) is 2. The first-order chi connectivity index (χ1) is 14.9. The highest BCUT2D eigenvalue weighted by Gasteiger charge is 2.46. The largest absolute Gasteiger partial charge is 0.483 e. The second kappa shape index (κ2) is 9.72. The summed E-state index contributed by atoms with van der Waals surface area (Å²) < 4.78 is 5.47. The van der Waals surface area contributed by atoms with E-state index < -0.39 is 35.6 Å². The molecule has 12 heteroatoms. The molecular weight excluding hydrogens is 408 g/mol. The zero-order valence-electron chi connectivity index (χ0n) is 16.5. The van der Waals surface area contributed by atoms with Crippen molar-refractivity contribution < 1.29 is 28.7 Å². The molecule has 0 bridgehead atoms. The molecule has 5 amide bonds. The third-order valence-electron chi connectivity index (χ3n) is 4.86. The van der Waals surface area contributed by atoms with Crippen molar-refractivity contribution in [2.45, 2.75) is 31.7 Å². The SMILES string of the molecule is [N-]=[N+]=NCCCCNC(=O)COc1cccc2c1C(=O)N(C1CCC(=O)NC1=O)C2=O. The van der Waals surface area contributed by atoms with Crippen LogP contribution < -0.4 is 15.4 Å². The van der Waals surface area contributed by atoms with Crippen molar-refractivity contribution in [2.75, 3.05) is 19.7 Å². The molecule has 2 heterocycles. The van der Waals surface area contributed by atoms with Gasteiger partial charge in [-0.2, -0.15) is 0 Å². The molecule has 0 saturated carbocycles. The van der Waals surface area contributed by atoms with E-state index in [1.807, 2.05) is 0 Å². The smallest absolute Gasteiger partial charge is 0.266 e. The average Bonchev–Trinajstić information content (AvgIpc) is 3.00. The number of fused-ring (bicyclic) bond motifs is 1. The maximum absolute atomic E-state index is 12.9. The van der Waals surface area contributed by atoms with Gasteiger partial charge in [0.1, 0.15) is 11.8 Å². The zero-order valence-corrected chi connectivity index (χ0v) is 16.5. The minimum atomic E-state index is -1.08. The third-order valence-corrected chi connectivity index (χ3v) is 4.86. The summed E-state index contributed by atoms with van der Waals surface area (Å²) in [5, 5.41) is 8.17. The Kier molecular flexibility index (Phi) is 6.83. The maximum Gasteiger partial charge on any atom is 0.266 e. The van der Waals surface area contributed by atoms with E-state index in [1.54, 1.807) is 0 Å². The number of hydrogen-bond acceptors (Lipinski definition) is 7. The minimum Gasteiger partial charge on any atom is -0.483 e. The predicted octanol–water partition coefficient (Wildman–Crippen LogP) is 0.673. The van der Waals surface area contributed by atoms with Crippen LogP contribution in [-0.2, 0) is 14.4 Å². The highest BCUT2D eigenvalue weighted by Crippen LogP contribution is 2.33. The van der Waals surface area contributed by atoms with Crippen molar-refractivity contribution in [3.63, 3.8) is 0 Å². The van der Waals surface area contributed by atoms with Gasteiger partial charge in [-0.15, -0.1) is 0 Å². The second-order valence-corrected chi connectivity index (χ2v) is 6.93. The number of nitrogens with zero attached hydrogens (tertiary/aromatic N) is 4. The summed E-state index contributed by atoms with van der Waals surface area (Å²) in [6.07, 6.45) is 1.33. The third kappa shape index (κ3) is 4.81. The molecule has 1 saturated heterocycles. The zero-order chi connectivity index (χ0) is 22.4. The minimum absolute atomic E-state index is 0.0145. The molecule has 1 unspecified atom stereocenters. The van der Waals surface area contributed by atoms with Crippen LogP contribution in [0.5, 0.6) is 5.75 Å². The number of amides is 5. The standard InChI is InChI=1S/C19H20N6O6/c20-24-22-9-2-1-8-21-15(27)10-31-13-5-3-4-11-16(13)19(30)25(18(11)29)12-6-7-14(26)23-17(12)28/h3-5,12H,1-2,6-10H2,(H,21,27)(H,23,26,28). The molecule has 0 radical (unpaired) electrons. The van der Waals surface area contributed by atoms with Crippen LogP contribution in [-0.4, -0.2) is 60.2 Å². The molecule has 0 aliphatic carbocycles. The topological polar surface area (TPSA) is 171 Å². The maximum atomic E-state index is 12.9. The van der Waals surface area contributed by atoms with Crippen LogP contribution in [0, 0.1) is 0 Å². The molecule has 2 aliphatic heterocycles. The van der Waals surface area contributed by atoms with E-state index in [0.29, 0.717) is 25.9 Å². The first-order valence-electron chi connectivity index (χ1n) is 9.69. The fourth-order valence-electron chi connectivity index (χ4n) is 3.38. The molecule has 12 nitrogen and oxygen atoms in total. The van der Waals surface area contributed by atoms with Crippen molar-refractivity contribution in [2.24, 2.45) is 5.11 Å². The molecule has 1 aromatic rings. The van der Waals surface area contributed by atoms with Crippen molar-refractivity contribution in [3.05, 3.63) is 39.8 Å². The summed E-state index contributed by atoms with van der Waals surface area (Å²) in [6.45, 7) is 0.349. The van der Waals surface area contributed by atoms with Gasteiger partial charge in [-0.3, -0.25) is 34.2 Å². The Morgan fingerprint density at radius 2 is 2.06 bits per heavy atom. The normalized spacial score (nSPS) is 17.7. The predicted molar refractivity (Wildman–Crippen MR) is 105 cm³/mol. The van der Waals surface area contributed by atoms with Crippen LogP contribution in [0.15, 0.2) is 23.3 Å². The number of azide groups is 1. The van der Waals surface area contributed by atoms with Crippen LogP contribution in [0.4, 0.5) is 0 Å². The molecule has 1 atom stereocenters. The quantitative estimate of drug-likeness (QED) is 0.192. The van der Waals surface area contributed by atoms with E-state index in [-0.39, 0.29) is 36.3 Å². The molecule has 0 aromatic heterocycles. The van der Waals surface area contributed by atoms with Gasteiger partial charge < -0.3 is 10.1 Å². The van der Waals surface area contributed by atoms with E-state index in [0.717, 1.165) is 4.90 Å². The molecule has 2 N–H and O–H groups in total. The molecule has 2 aliphatic rings. The number of rotatable bonds is 9. The van der Waals surface area contributed by atoms with Gasteiger partial charge in [0.15, 0.2) is 6.61 Å². The first-order valence-corrected chi connectivity index (χ1v) is 9.69. The number of carbonyl (C=O) groups excluding carboxylic acids is 5. The van der Waals surface area contributed by atoms with Gasteiger partial charge in [0.05, 0.1) is 11.1 Å². The van der Waals surface area contributed by atoms with Gasteiger partial charge in [0.2, 0.25) is 11.8 Å². The lowest BCUT2D eigenvalue weighted by molar-refractivity contribution is -0.136. The monoisotopic (exact) mass is 428 g/mol. The number of imide groups is 2. The highest BCUT2D eigenvalue weighted by molar-refractivity contribution is 6.24. The van der Waals surface area contributed by atoms with Gasteiger partial charge in [-0.25, -0.2) is 0 Å². The van der Waals surface area contributed by atoms with Crippen LogP contribution in [0.2, 0.25) is 0 Å². The summed E-state index contributed by atoms with van der Waals surface area (Å²) in [7, 11) is 0. The molecule has 1 fully saturated rings. The average molecular weight is 428 g/mol. The van der Waals surface area contributed by atoms with Gasteiger partial charge >= 0.3 is 0 Å². The molecule has 1 aromatic carbocycles. The Balaban J connectivity index is 1.62. The molecule has 162 valence electrons. The van der Waals surface area contributed by atoms with Gasteiger partial charge in [0.25, 0.3) is 17.7 Å². The number of benzene rings is 1. The summed E-state index contributed by atoms with van der Waals surface area (Å²) in [4.78, 5) is 64.6. The van der Waals surface area contributed by atoms with E-state index in [2.05, 4.69) is 20.7 Å². The summed E-state index contributed by atoms with van der Waals surface area (Å²) in [5.74, 6) is -2.86. The Morgan fingerprint density at radius 1 is 1.26 bits per heavy atom. The van der Waals surface area contributed by atoms with E-state index >= 15 is 0 Å². The van der Waals surface area contributed by atoms with Crippen molar-refractivity contribution in [1.29, 1.82) is 0 Å². The lowest BCUT2D eigenvalue weighted by atomic mass is 10.0. The number of unbranched alkanes of at least 4 members (excludes halogenated alkanes) is 1. The molecule has 3 rings (SSSR count). The number of ether oxygens (including phenoxy) is 1. The van der Waals surface area contributed by atoms with Gasteiger partial charge in [-0.05, 0) is 36.9 Å². The van der Waals surface area contributed by atoms with E-state index in [9.17, 15) is 24.0 Å². The number of nitrogens with one attached hydrogen (secondary N) is 2. The number of carbonyl (C=O) groups is 5. The lowest BCUT2D eigenvalue weighted by Crippen LogP contribution is -2.54. The van der Waals surface area contributed by atoms with E-state index in [4.69, 9.17) is 10.3 Å². The Hall–Kier alpha value is -3.92. The van der Waals surface area contributed by atoms with Crippen LogP contribution in [0.25, 0.3) is 10.4 Å².